The van der Waals surface area contributed by atoms with Crippen molar-refractivity contribution in [3.63, 3.8) is 0 Å². The summed E-state index contributed by atoms with van der Waals surface area (Å²) >= 11 is 1.40. The van der Waals surface area contributed by atoms with E-state index in [1.807, 2.05) is 30.3 Å². The number of anilines is 2. The summed E-state index contributed by atoms with van der Waals surface area (Å²) in [4.78, 5) is 29.2. The van der Waals surface area contributed by atoms with Gasteiger partial charge in [-0.25, -0.2) is 0 Å². The van der Waals surface area contributed by atoms with Crippen molar-refractivity contribution in [3.8, 4) is 11.5 Å². The van der Waals surface area contributed by atoms with E-state index in [0.717, 1.165) is 22.5 Å². The van der Waals surface area contributed by atoms with Crippen LogP contribution < -0.4 is 29.6 Å². The zero-order chi connectivity index (χ0) is 21.9. The molecule has 9 nitrogen and oxygen atoms in total. The van der Waals surface area contributed by atoms with Crippen LogP contribution in [0.5, 0.6) is 11.5 Å². The Kier molecular flexibility index (Phi) is 5.42. The van der Waals surface area contributed by atoms with Gasteiger partial charge in [0.25, 0.3) is 11.8 Å². The maximum absolute atomic E-state index is 12.6. The van der Waals surface area contributed by atoms with E-state index in [1.165, 1.54) is 24.4 Å². The third kappa shape index (κ3) is 4.26. The van der Waals surface area contributed by atoms with Gasteiger partial charge in [0.05, 0.1) is 23.5 Å². The SMILES string of the molecule is O=C(NCc1ccc2c(c1)NSN2)c1ccnc(C(=O)NCc2ccc3c(c2)OCO3)c1. The zero-order valence-corrected chi connectivity index (χ0v) is 17.6. The van der Waals surface area contributed by atoms with Crippen molar-refractivity contribution < 1.29 is 19.1 Å². The lowest BCUT2D eigenvalue weighted by molar-refractivity contribution is 0.0946. The van der Waals surface area contributed by atoms with E-state index in [4.69, 9.17) is 9.47 Å². The van der Waals surface area contributed by atoms with Gasteiger partial charge in [-0.05, 0) is 47.5 Å². The van der Waals surface area contributed by atoms with Crippen molar-refractivity contribution >= 4 is 35.3 Å². The molecule has 4 N–H and O–H groups in total. The number of hydrogen-bond acceptors (Lipinski definition) is 8. The van der Waals surface area contributed by atoms with Gasteiger partial charge < -0.3 is 29.6 Å². The fraction of sp³-hybridized carbons (Fsp3) is 0.136. The van der Waals surface area contributed by atoms with Gasteiger partial charge in [-0.1, -0.05) is 12.1 Å². The fourth-order valence-electron chi connectivity index (χ4n) is 3.31. The molecule has 0 bridgehead atoms. The molecule has 1 aromatic heterocycles. The lowest BCUT2D eigenvalue weighted by atomic mass is 10.1. The van der Waals surface area contributed by atoms with Crippen molar-refractivity contribution in [1.82, 2.24) is 15.6 Å². The van der Waals surface area contributed by atoms with Crippen LogP contribution in [-0.4, -0.2) is 23.6 Å². The number of fused-ring (bicyclic) bond motifs is 2. The minimum atomic E-state index is -0.369. The van der Waals surface area contributed by atoms with Crippen molar-refractivity contribution in [3.05, 3.63) is 77.1 Å². The molecule has 162 valence electrons. The van der Waals surface area contributed by atoms with Gasteiger partial charge in [-0.15, -0.1) is 0 Å². The Morgan fingerprint density at radius 1 is 0.875 bits per heavy atom. The zero-order valence-electron chi connectivity index (χ0n) is 16.8. The first kappa shape index (κ1) is 20.0. The van der Waals surface area contributed by atoms with Gasteiger partial charge in [-0.2, -0.15) is 0 Å². The number of carbonyl (C=O) groups is 2. The summed E-state index contributed by atoms with van der Waals surface area (Å²) in [5.74, 6) is 0.695. The van der Waals surface area contributed by atoms with E-state index < -0.39 is 0 Å². The van der Waals surface area contributed by atoms with Gasteiger partial charge in [0, 0.05) is 24.8 Å². The summed E-state index contributed by atoms with van der Waals surface area (Å²) < 4.78 is 16.9. The van der Waals surface area contributed by atoms with Crippen LogP contribution in [0.25, 0.3) is 0 Å². The third-order valence-corrected chi connectivity index (χ3v) is 5.65. The highest BCUT2D eigenvalue weighted by atomic mass is 32.2. The van der Waals surface area contributed by atoms with Crippen LogP contribution in [0.4, 0.5) is 11.4 Å². The average Bonchev–Trinajstić information content (AvgIpc) is 3.49. The van der Waals surface area contributed by atoms with Gasteiger partial charge in [0.15, 0.2) is 11.5 Å². The van der Waals surface area contributed by atoms with E-state index in [9.17, 15) is 9.59 Å². The fourth-order valence-corrected chi connectivity index (χ4v) is 3.93. The van der Waals surface area contributed by atoms with Crippen molar-refractivity contribution in [2.75, 3.05) is 16.2 Å². The van der Waals surface area contributed by atoms with Gasteiger partial charge in [0.2, 0.25) is 6.79 Å². The molecule has 10 heteroatoms. The summed E-state index contributed by atoms with van der Waals surface area (Å²) in [6.45, 7) is 0.864. The highest BCUT2D eigenvalue weighted by molar-refractivity contribution is 8.02. The van der Waals surface area contributed by atoms with Crippen molar-refractivity contribution in [2.24, 2.45) is 0 Å². The molecule has 3 heterocycles. The van der Waals surface area contributed by atoms with E-state index in [2.05, 4.69) is 25.1 Å². The van der Waals surface area contributed by atoms with E-state index >= 15 is 0 Å². The number of benzene rings is 2. The Bertz CT molecular complexity index is 1110. The summed E-state index contributed by atoms with van der Waals surface area (Å²) in [5.41, 5.74) is 4.36. The molecule has 0 saturated heterocycles. The molecule has 0 saturated carbocycles. The molecule has 2 aliphatic rings. The van der Waals surface area contributed by atoms with Crippen LogP contribution in [0.1, 0.15) is 32.0 Å². The molecule has 0 fully saturated rings. The number of ether oxygens (including phenoxy) is 2. The molecule has 0 unspecified atom stereocenters. The number of pyridine rings is 1. The number of hydrogen-bond donors (Lipinski definition) is 4. The van der Waals surface area contributed by atoms with Crippen LogP contribution in [0.3, 0.4) is 0 Å². The predicted molar refractivity (Wildman–Crippen MR) is 120 cm³/mol. The average molecular weight is 449 g/mol. The van der Waals surface area contributed by atoms with Crippen LogP contribution >= 0.6 is 12.1 Å². The molecule has 2 amide bonds. The van der Waals surface area contributed by atoms with Gasteiger partial charge >= 0.3 is 0 Å². The Labute approximate surface area is 188 Å². The smallest absolute Gasteiger partial charge is 0.270 e. The second kappa shape index (κ2) is 8.67. The number of carbonyl (C=O) groups excluding carboxylic acids is 2. The Hall–Kier alpha value is -3.92. The largest absolute Gasteiger partial charge is 0.454 e. The van der Waals surface area contributed by atoms with Gasteiger partial charge in [0.1, 0.15) is 5.69 Å². The lowest BCUT2D eigenvalue weighted by Gasteiger charge is -2.09. The normalized spacial score (nSPS) is 13.0. The molecule has 0 radical (unpaired) electrons. The molecule has 0 spiro atoms. The summed E-state index contributed by atoms with van der Waals surface area (Å²) in [6.07, 6.45) is 1.45. The maximum atomic E-state index is 12.6. The highest BCUT2D eigenvalue weighted by Crippen LogP contribution is 2.33. The lowest BCUT2D eigenvalue weighted by Crippen LogP contribution is -2.26. The molecular weight excluding hydrogens is 430 g/mol. The monoisotopic (exact) mass is 449 g/mol. The predicted octanol–water partition coefficient (Wildman–Crippen LogP) is 3.07. The quantitative estimate of drug-likeness (QED) is 0.425. The van der Waals surface area contributed by atoms with Crippen molar-refractivity contribution in [2.45, 2.75) is 13.1 Å². The Morgan fingerprint density at radius 3 is 2.53 bits per heavy atom. The standard InChI is InChI=1S/C22H19N5O4S/c28-21(24-10-13-1-3-16-17(7-13)27-32-26-16)15-5-6-23-18(9-15)22(29)25-11-14-2-4-19-20(8-14)31-12-30-19/h1-9,26-27H,10-12H2,(H,24,28)(H,25,29). The van der Waals surface area contributed by atoms with Crippen LogP contribution in [-0.2, 0) is 13.1 Å². The number of amides is 2. The second-order valence-electron chi connectivity index (χ2n) is 7.17. The number of nitrogens with one attached hydrogen (secondary N) is 4. The molecule has 2 aromatic carbocycles. The molecule has 32 heavy (non-hydrogen) atoms. The maximum Gasteiger partial charge on any atom is 0.270 e. The number of aromatic nitrogens is 1. The topological polar surface area (TPSA) is 114 Å². The Morgan fingerprint density at radius 2 is 1.62 bits per heavy atom. The third-order valence-electron chi connectivity index (χ3n) is 5.00. The van der Waals surface area contributed by atoms with Crippen LogP contribution in [0.15, 0.2) is 54.7 Å². The Balaban J connectivity index is 1.19. The minimum Gasteiger partial charge on any atom is -0.454 e. The molecule has 5 rings (SSSR count). The number of nitrogens with zero attached hydrogens (tertiary/aromatic N) is 1. The van der Waals surface area contributed by atoms with Crippen LogP contribution in [0.2, 0.25) is 0 Å². The molecule has 2 aliphatic heterocycles. The summed E-state index contributed by atoms with van der Waals surface area (Å²) in [7, 11) is 0. The molecule has 0 aliphatic carbocycles. The van der Waals surface area contributed by atoms with E-state index in [1.54, 1.807) is 12.1 Å². The summed E-state index contributed by atoms with van der Waals surface area (Å²) in [6, 6.07) is 14.4. The van der Waals surface area contributed by atoms with E-state index in [-0.39, 0.29) is 24.3 Å². The van der Waals surface area contributed by atoms with Crippen LogP contribution in [0, 0.1) is 0 Å². The minimum absolute atomic E-state index is 0.170. The van der Waals surface area contributed by atoms with Gasteiger partial charge in [-0.3, -0.25) is 14.6 Å². The first-order valence-electron chi connectivity index (χ1n) is 9.87. The molecular formula is C22H19N5O4S. The highest BCUT2D eigenvalue weighted by Gasteiger charge is 2.15. The number of rotatable bonds is 6. The molecule has 3 aromatic rings. The summed E-state index contributed by atoms with van der Waals surface area (Å²) in [5, 5.41) is 5.69. The van der Waals surface area contributed by atoms with Crippen molar-refractivity contribution in [1.29, 1.82) is 0 Å². The first-order valence-corrected chi connectivity index (χ1v) is 10.7. The van der Waals surface area contributed by atoms with E-state index in [0.29, 0.717) is 30.2 Å². The second-order valence-corrected chi connectivity index (χ2v) is 7.78. The molecule has 0 atom stereocenters. The first-order chi connectivity index (χ1) is 15.7.